The topological polar surface area (TPSA) is 43.3 Å². The van der Waals surface area contributed by atoms with E-state index in [0.717, 1.165) is 62.2 Å². The first-order valence-electron chi connectivity index (χ1n) is 12.6. The molecule has 1 aromatic carbocycles. The van der Waals surface area contributed by atoms with Crippen LogP contribution in [0.5, 0.6) is 0 Å². The summed E-state index contributed by atoms with van der Waals surface area (Å²) in [5, 5.41) is 10.5. The number of nitrogens with one attached hydrogen (secondary N) is 1. The van der Waals surface area contributed by atoms with E-state index >= 15 is 0 Å². The molecule has 1 saturated carbocycles. The molecule has 2 atom stereocenters. The molecule has 4 aliphatic rings. The first-order chi connectivity index (χ1) is 17.0. The van der Waals surface area contributed by atoms with Crippen LogP contribution in [0.25, 0.3) is 0 Å². The van der Waals surface area contributed by atoms with Crippen LogP contribution in [0.3, 0.4) is 0 Å². The van der Waals surface area contributed by atoms with Gasteiger partial charge in [-0.25, -0.2) is 5.01 Å². The van der Waals surface area contributed by atoms with Crippen LogP contribution in [0.1, 0.15) is 38.5 Å². The van der Waals surface area contributed by atoms with Crippen LogP contribution in [0.15, 0.2) is 47.3 Å². The maximum atomic E-state index is 6.60. The van der Waals surface area contributed by atoms with E-state index in [9.17, 15) is 0 Å². The molecule has 6 nitrogen and oxygen atoms in total. The third-order valence-corrected chi connectivity index (χ3v) is 8.47. The number of methoxy groups -OCH3 is 1. The van der Waals surface area contributed by atoms with E-state index in [1.54, 1.807) is 13.2 Å². The maximum absolute atomic E-state index is 6.60. The zero-order chi connectivity index (χ0) is 24.4. The summed E-state index contributed by atoms with van der Waals surface area (Å²) in [5.41, 5.74) is 5.22. The molecule has 0 amide bonds. The van der Waals surface area contributed by atoms with Crippen LogP contribution in [0.2, 0.25) is 10.0 Å². The van der Waals surface area contributed by atoms with Crippen molar-refractivity contribution in [1.29, 1.82) is 0 Å². The van der Waals surface area contributed by atoms with Crippen molar-refractivity contribution in [2.75, 3.05) is 38.3 Å². The minimum atomic E-state index is 0.105. The minimum Gasteiger partial charge on any atom is -0.497 e. The Morgan fingerprint density at radius 3 is 2.57 bits per heavy atom. The van der Waals surface area contributed by atoms with E-state index in [0.29, 0.717) is 15.0 Å². The second-order valence-corrected chi connectivity index (χ2v) is 11.0. The minimum absolute atomic E-state index is 0.105. The highest BCUT2D eigenvalue weighted by molar-refractivity contribution is 7.82. The van der Waals surface area contributed by atoms with E-state index < -0.39 is 0 Å². The number of hydrazine groups is 1. The molecule has 5 rings (SSSR count). The average Bonchev–Trinajstić information content (AvgIpc) is 3.56. The third-order valence-electron chi connectivity index (χ3n) is 7.61. The number of nitrogens with zero attached hydrogens (tertiary/aromatic N) is 4. The number of benzene rings is 1. The van der Waals surface area contributed by atoms with E-state index in [1.165, 1.54) is 25.7 Å². The Kier molecular flexibility index (Phi) is 7.99. The largest absolute Gasteiger partial charge is 0.497 e. The van der Waals surface area contributed by atoms with Gasteiger partial charge in [-0.05, 0) is 49.6 Å². The summed E-state index contributed by atoms with van der Waals surface area (Å²) in [6.45, 7) is 4.11. The first-order valence-corrected chi connectivity index (χ1v) is 13.7. The highest BCUT2D eigenvalue weighted by Crippen LogP contribution is 2.38. The fourth-order valence-corrected chi connectivity index (χ4v) is 6.38. The summed E-state index contributed by atoms with van der Waals surface area (Å²) in [6.07, 6.45) is 13.4. The van der Waals surface area contributed by atoms with Crippen LogP contribution in [0, 0.1) is 5.92 Å². The predicted octanol–water partition coefficient (Wildman–Crippen LogP) is 5.43. The Morgan fingerprint density at radius 2 is 1.91 bits per heavy atom. The van der Waals surface area contributed by atoms with Crippen molar-refractivity contribution in [3.63, 3.8) is 0 Å². The molecule has 1 saturated heterocycles. The number of anilines is 1. The molecule has 1 aromatic rings. The van der Waals surface area contributed by atoms with E-state index in [-0.39, 0.29) is 12.0 Å². The van der Waals surface area contributed by atoms with Gasteiger partial charge in [0.25, 0.3) is 0 Å². The van der Waals surface area contributed by atoms with Crippen molar-refractivity contribution in [3.05, 3.63) is 52.2 Å². The SMILES string of the molecule is COC1=CCC(C2CC(C(=S)NN3CCN(C4CCCC4)CC3)=NN2c2ccc(Cl)cc2Cl)C=C1. The number of allylic oxidation sites excluding steroid dienone is 2. The molecular weight excluding hydrogens is 501 g/mol. The number of thiocarbonyl (C=S) groups is 1. The Labute approximate surface area is 223 Å². The second kappa shape index (κ2) is 11.2. The Hall–Kier alpha value is -1.64. The van der Waals surface area contributed by atoms with Gasteiger partial charge in [0.1, 0.15) is 10.7 Å². The number of piperazine rings is 1. The zero-order valence-corrected chi connectivity index (χ0v) is 22.5. The van der Waals surface area contributed by atoms with Crippen molar-refractivity contribution in [3.8, 4) is 0 Å². The smallest absolute Gasteiger partial charge is 0.137 e. The van der Waals surface area contributed by atoms with Gasteiger partial charge in [0.05, 0.1) is 29.6 Å². The lowest BCUT2D eigenvalue weighted by Crippen LogP contribution is -2.56. The summed E-state index contributed by atoms with van der Waals surface area (Å²) >= 11 is 18.6. The van der Waals surface area contributed by atoms with Crippen LogP contribution < -0.4 is 10.4 Å². The summed E-state index contributed by atoms with van der Waals surface area (Å²) in [6, 6.07) is 6.44. The van der Waals surface area contributed by atoms with Crippen molar-refractivity contribution >= 4 is 51.8 Å². The van der Waals surface area contributed by atoms with Crippen molar-refractivity contribution in [1.82, 2.24) is 15.3 Å². The molecule has 35 heavy (non-hydrogen) atoms. The molecule has 188 valence electrons. The molecule has 0 aromatic heterocycles. The van der Waals surface area contributed by atoms with Crippen molar-refractivity contribution in [2.24, 2.45) is 11.0 Å². The molecule has 0 radical (unpaired) electrons. The number of rotatable bonds is 6. The fraction of sp³-hybridized carbons (Fsp3) is 0.538. The van der Waals surface area contributed by atoms with Gasteiger partial charge in [-0.15, -0.1) is 0 Å². The molecule has 2 fully saturated rings. The van der Waals surface area contributed by atoms with Gasteiger partial charge in [-0.3, -0.25) is 9.91 Å². The maximum Gasteiger partial charge on any atom is 0.137 e. The van der Waals surface area contributed by atoms with E-state index in [2.05, 4.69) is 27.5 Å². The third kappa shape index (κ3) is 5.70. The quantitative estimate of drug-likeness (QED) is 0.492. The molecule has 2 heterocycles. The molecule has 9 heteroatoms. The van der Waals surface area contributed by atoms with Crippen LogP contribution in [-0.2, 0) is 4.74 Å². The lowest BCUT2D eigenvalue weighted by atomic mass is 9.89. The summed E-state index contributed by atoms with van der Waals surface area (Å²) in [5.74, 6) is 1.16. The van der Waals surface area contributed by atoms with Gasteiger partial charge in [0, 0.05) is 49.6 Å². The van der Waals surface area contributed by atoms with Crippen LogP contribution in [0.4, 0.5) is 5.69 Å². The summed E-state index contributed by atoms with van der Waals surface area (Å²) in [4.78, 5) is 3.35. The number of hydrogen-bond acceptors (Lipinski definition) is 6. The standard InChI is InChI=1S/C26H33Cl2N5OS/c1-34-21-9-6-18(7-10-21)25-17-23(29-33(25)24-11-8-19(27)16-22(24)28)26(35)30-32-14-12-31(13-15-32)20-4-2-3-5-20/h6,8-11,16,18,20,25H,2-5,7,12-15,17H2,1H3,(H,30,35). The Balaban J connectivity index is 1.28. The van der Waals surface area contributed by atoms with Gasteiger partial charge in [-0.2, -0.15) is 5.10 Å². The lowest BCUT2D eigenvalue weighted by molar-refractivity contribution is 0.0832. The second-order valence-electron chi connectivity index (χ2n) is 9.73. The monoisotopic (exact) mass is 533 g/mol. The van der Waals surface area contributed by atoms with Gasteiger partial charge in [0.2, 0.25) is 0 Å². The molecule has 2 unspecified atom stereocenters. The number of hydrazone groups is 1. The number of halogens is 2. The number of ether oxygens (including phenoxy) is 1. The Bertz CT molecular complexity index is 1030. The zero-order valence-electron chi connectivity index (χ0n) is 20.1. The molecule has 2 aliphatic carbocycles. The van der Waals surface area contributed by atoms with E-state index in [1.807, 2.05) is 23.2 Å². The molecule has 0 bridgehead atoms. The molecule has 0 spiro atoms. The predicted molar refractivity (Wildman–Crippen MR) is 148 cm³/mol. The molecule has 2 aliphatic heterocycles. The van der Waals surface area contributed by atoms with Crippen LogP contribution in [-0.4, -0.2) is 66.0 Å². The first kappa shape index (κ1) is 25.0. The van der Waals surface area contributed by atoms with Crippen molar-refractivity contribution < 1.29 is 4.74 Å². The summed E-state index contributed by atoms with van der Waals surface area (Å²) < 4.78 is 5.39. The van der Waals surface area contributed by atoms with Gasteiger partial charge in [-0.1, -0.05) is 54.3 Å². The van der Waals surface area contributed by atoms with Gasteiger partial charge < -0.3 is 10.2 Å². The lowest BCUT2D eigenvalue weighted by Gasteiger charge is -2.38. The van der Waals surface area contributed by atoms with Crippen LogP contribution >= 0.6 is 35.4 Å². The average molecular weight is 535 g/mol. The molecule has 1 N–H and O–H groups in total. The molecular formula is C26H33Cl2N5OS. The summed E-state index contributed by atoms with van der Waals surface area (Å²) in [7, 11) is 1.70. The Morgan fingerprint density at radius 1 is 1.14 bits per heavy atom. The highest BCUT2D eigenvalue weighted by Gasteiger charge is 2.36. The number of hydrogen-bond donors (Lipinski definition) is 1. The fourth-order valence-electron chi connectivity index (χ4n) is 5.63. The van der Waals surface area contributed by atoms with Gasteiger partial charge >= 0.3 is 0 Å². The van der Waals surface area contributed by atoms with Crippen molar-refractivity contribution in [2.45, 2.75) is 50.6 Å². The van der Waals surface area contributed by atoms with Gasteiger partial charge in [0.15, 0.2) is 0 Å². The normalized spacial score (nSPS) is 26.1. The van der Waals surface area contributed by atoms with E-state index in [4.69, 9.17) is 45.3 Å². The highest BCUT2D eigenvalue weighted by atomic mass is 35.5.